The maximum atomic E-state index is 11.5. The Kier molecular flexibility index (Phi) is 12.1. The third kappa shape index (κ3) is 12.0. The largest absolute Gasteiger partial charge is 0.462 e. The highest BCUT2D eigenvalue weighted by Gasteiger charge is 2.37. The van der Waals surface area contributed by atoms with Gasteiger partial charge in [-0.25, -0.2) is 4.79 Å². The summed E-state index contributed by atoms with van der Waals surface area (Å²) in [6.07, 6.45) is 1.05. The summed E-state index contributed by atoms with van der Waals surface area (Å²) < 4.78 is 22.8. The average molecular weight is 453 g/mol. The van der Waals surface area contributed by atoms with Gasteiger partial charge in [0.2, 0.25) is 0 Å². The van der Waals surface area contributed by atoms with E-state index in [0.717, 1.165) is 6.08 Å². The molecule has 29 heavy (non-hydrogen) atoms. The van der Waals surface area contributed by atoms with Crippen LogP contribution in [0.5, 0.6) is 0 Å². The normalized spacial score (nSPS) is 15.1. The molecule has 0 radical (unpaired) electrons. The Bertz CT molecular complexity index is 497. The summed E-state index contributed by atoms with van der Waals surface area (Å²) in [7, 11) is -3.74. The standard InChI is InChI=1S/C19H40O8Si2/c1-8-17(23)25-14-19(11-22,16-27-29(5,6)7)13-24-12-18(9-20,10-21)15-26-28(2,3)4/h8,20-22H,1,9-16H2,2-7H3. The lowest BCUT2D eigenvalue weighted by atomic mass is 9.90. The van der Waals surface area contributed by atoms with Gasteiger partial charge in [0.25, 0.3) is 0 Å². The van der Waals surface area contributed by atoms with Crippen molar-refractivity contribution in [3.63, 3.8) is 0 Å². The molecule has 0 aromatic rings. The molecule has 3 N–H and O–H groups in total. The Morgan fingerprint density at radius 1 is 0.793 bits per heavy atom. The minimum atomic E-state index is -1.89. The summed E-state index contributed by atoms with van der Waals surface area (Å²) in [5.74, 6) is -0.598. The molecule has 0 amide bonds. The van der Waals surface area contributed by atoms with E-state index in [0.29, 0.717) is 0 Å². The van der Waals surface area contributed by atoms with Gasteiger partial charge >= 0.3 is 5.97 Å². The Morgan fingerprint density at radius 3 is 1.59 bits per heavy atom. The van der Waals surface area contributed by atoms with Gasteiger partial charge in [-0.15, -0.1) is 0 Å². The fraction of sp³-hybridized carbons (Fsp3) is 0.842. The van der Waals surface area contributed by atoms with E-state index in [1.165, 1.54) is 0 Å². The van der Waals surface area contributed by atoms with Gasteiger partial charge in [0, 0.05) is 19.3 Å². The molecule has 0 fully saturated rings. The van der Waals surface area contributed by atoms with Crippen molar-refractivity contribution in [2.75, 3.05) is 52.9 Å². The molecule has 0 aromatic heterocycles. The van der Waals surface area contributed by atoms with Gasteiger partial charge in [-0.3, -0.25) is 0 Å². The van der Waals surface area contributed by atoms with Crippen molar-refractivity contribution >= 4 is 22.6 Å². The summed E-state index contributed by atoms with van der Waals surface area (Å²) in [5.41, 5.74) is -1.92. The van der Waals surface area contributed by atoms with Crippen molar-refractivity contribution in [1.29, 1.82) is 0 Å². The number of carbonyl (C=O) groups excluding carboxylic acids is 1. The first kappa shape index (κ1) is 28.4. The van der Waals surface area contributed by atoms with E-state index in [1.54, 1.807) is 0 Å². The third-order valence-electron chi connectivity index (χ3n) is 4.13. The smallest absolute Gasteiger partial charge is 0.330 e. The predicted molar refractivity (Wildman–Crippen MR) is 117 cm³/mol. The molecule has 8 nitrogen and oxygen atoms in total. The number of carbonyl (C=O) groups is 1. The van der Waals surface area contributed by atoms with E-state index in [4.69, 9.17) is 18.3 Å². The first-order valence-corrected chi connectivity index (χ1v) is 16.6. The molecule has 0 rings (SSSR count). The number of aliphatic hydroxyl groups excluding tert-OH is 3. The molecule has 0 spiro atoms. The molecule has 0 aliphatic carbocycles. The zero-order valence-corrected chi connectivity index (χ0v) is 20.8. The average Bonchev–Trinajstić information content (AvgIpc) is 2.65. The van der Waals surface area contributed by atoms with Crippen LogP contribution in [0.2, 0.25) is 39.3 Å². The minimum absolute atomic E-state index is 0.0209. The number of ether oxygens (including phenoxy) is 2. The van der Waals surface area contributed by atoms with E-state index in [2.05, 4.69) is 6.58 Å². The van der Waals surface area contributed by atoms with Crippen molar-refractivity contribution < 1.29 is 38.4 Å². The zero-order valence-electron chi connectivity index (χ0n) is 18.8. The maximum Gasteiger partial charge on any atom is 0.330 e. The van der Waals surface area contributed by atoms with Crippen LogP contribution in [0.15, 0.2) is 12.7 Å². The number of aliphatic hydroxyl groups is 3. The molecular formula is C19H40O8Si2. The van der Waals surface area contributed by atoms with E-state index < -0.39 is 33.4 Å². The Hall–Kier alpha value is -0.596. The number of hydrogen-bond acceptors (Lipinski definition) is 8. The first-order chi connectivity index (χ1) is 13.3. The summed E-state index contributed by atoms with van der Waals surface area (Å²) in [6, 6.07) is 0. The van der Waals surface area contributed by atoms with Crippen LogP contribution in [0.4, 0.5) is 0 Å². The van der Waals surface area contributed by atoms with Crippen LogP contribution in [0.1, 0.15) is 0 Å². The van der Waals surface area contributed by atoms with E-state index in [1.807, 2.05) is 39.3 Å². The highest BCUT2D eigenvalue weighted by Crippen LogP contribution is 2.25. The van der Waals surface area contributed by atoms with Crippen molar-refractivity contribution in [2.24, 2.45) is 10.8 Å². The first-order valence-electron chi connectivity index (χ1n) is 9.73. The van der Waals surface area contributed by atoms with E-state index >= 15 is 0 Å². The monoisotopic (exact) mass is 452 g/mol. The topological polar surface area (TPSA) is 115 Å². The van der Waals surface area contributed by atoms with Crippen LogP contribution < -0.4 is 0 Å². The molecule has 0 aliphatic rings. The van der Waals surface area contributed by atoms with Crippen LogP contribution in [0, 0.1) is 10.8 Å². The predicted octanol–water partition coefficient (Wildman–Crippen LogP) is 1.38. The quantitative estimate of drug-likeness (QED) is 0.183. The lowest BCUT2D eigenvalue weighted by Crippen LogP contribution is -2.47. The second kappa shape index (κ2) is 12.3. The van der Waals surface area contributed by atoms with Crippen molar-refractivity contribution in [1.82, 2.24) is 0 Å². The highest BCUT2D eigenvalue weighted by atomic mass is 28.4. The molecule has 0 aromatic carbocycles. The van der Waals surface area contributed by atoms with Gasteiger partial charge in [0.1, 0.15) is 6.61 Å². The SMILES string of the molecule is C=CC(=O)OCC(CO)(COCC(CO)(CO)CO[Si](C)(C)C)CO[Si](C)(C)C. The minimum Gasteiger partial charge on any atom is -0.462 e. The molecule has 0 bridgehead atoms. The zero-order chi connectivity index (χ0) is 22.8. The van der Waals surface area contributed by atoms with Gasteiger partial charge in [-0.05, 0) is 39.3 Å². The Labute approximate surface area is 177 Å². The Morgan fingerprint density at radius 2 is 1.21 bits per heavy atom. The van der Waals surface area contributed by atoms with Crippen LogP contribution >= 0.6 is 0 Å². The van der Waals surface area contributed by atoms with Crippen LogP contribution in [-0.2, 0) is 23.1 Å². The van der Waals surface area contributed by atoms with Crippen molar-refractivity contribution in [3.05, 3.63) is 12.7 Å². The van der Waals surface area contributed by atoms with E-state index in [9.17, 15) is 20.1 Å². The molecule has 0 saturated heterocycles. The molecule has 0 heterocycles. The molecule has 1 unspecified atom stereocenters. The van der Waals surface area contributed by atoms with Crippen LogP contribution in [0.25, 0.3) is 0 Å². The Balaban J connectivity index is 5.18. The number of esters is 1. The highest BCUT2D eigenvalue weighted by molar-refractivity contribution is 6.70. The van der Waals surface area contributed by atoms with Gasteiger partial charge in [-0.1, -0.05) is 6.58 Å². The second-order valence-electron chi connectivity index (χ2n) is 9.58. The molecule has 0 saturated carbocycles. The summed E-state index contributed by atoms with van der Waals surface area (Å²) in [5, 5.41) is 29.7. The van der Waals surface area contributed by atoms with Crippen LogP contribution in [0.3, 0.4) is 0 Å². The van der Waals surface area contributed by atoms with Crippen LogP contribution in [-0.4, -0.2) is 90.8 Å². The van der Waals surface area contributed by atoms with Crippen molar-refractivity contribution in [2.45, 2.75) is 39.3 Å². The summed E-state index contributed by atoms with van der Waals surface area (Å²) in [6.45, 7) is 14.8. The lowest BCUT2D eigenvalue weighted by Gasteiger charge is -2.36. The maximum absolute atomic E-state index is 11.5. The fourth-order valence-corrected chi connectivity index (χ4v) is 3.52. The summed E-state index contributed by atoms with van der Waals surface area (Å²) >= 11 is 0. The third-order valence-corrected chi connectivity index (χ3v) is 6.15. The molecule has 10 heteroatoms. The molecule has 172 valence electrons. The van der Waals surface area contributed by atoms with E-state index in [-0.39, 0.29) is 52.9 Å². The number of hydrogen-bond donors (Lipinski definition) is 3. The van der Waals surface area contributed by atoms with Gasteiger partial charge in [0.05, 0.1) is 43.9 Å². The molecule has 1 atom stereocenters. The van der Waals surface area contributed by atoms with Crippen molar-refractivity contribution in [3.8, 4) is 0 Å². The van der Waals surface area contributed by atoms with Gasteiger partial charge in [-0.2, -0.15) is 0 Å². The summed E-state index contributed by atoms with van der Waals surface area (Å²) in [4.78, 5) is 11.5. The fourth-order valence-electron chi connectivity index (χ4n) is 2.04. The lowest BCUT2D eigenvalue weighted by molar-refractivity contribution is -0.148. The number of rotatable bonds is 16. The molecule has 0 aliphatic heterocycles. The van der Waals surface area contributed by atoms with Gasteiger partial charge in [0.15, 0.2) is 16.6 Å². The van der Waals surface area contributed by atoms with Gasteiger partial charge < -0.3 is 33.6 Å². The second-order valence-corrected chi connectivity index (χ2v) is 18.6. The molecular weight excluding hydrogens is 412 g/mol.